The van der Waals surface area contributed by atoms with E-state index in [0.29, 0.717) is 5.41 Å². The van der Waals surface area contributed by atoms with Crippen LogP contribution >= 0.6 is 0 Å². The van der Waals surface area contributed by atoms with Crippen LogP contribution in [0.3, 0.4) is 0 Å². The lowest BCUT2D eigenvalue weighted by Crippen LogP contribution is -2.38. The summed E-state index contributed by atoms with van der Waals surface area (Å²) in [6.45, 7) is 13.2. The molecule has 0 fully saturated rings. The molecule has 0 heterocycles. The van der Waals surface area contributed by atoms with Gasteiger partial charge in [-0.2, -0.15) is 0 Å². The Labute approximate surface area is 176 Å². The Morgan fingerprint density at radius 2 is 1.07 bits per heavy atom. The summed E-state index contributed by atoms with van der Waals surface area (Å²) in [4.78, 5) is 2.73. The molecule has 0 aromatic carbocycles. The normalized spacial score (nSPS) is 12.9. The molecule has 0 atom stereocenters. The summed E-state index contributed by atoms with van der Waals surface area (Å²) in [5, 5.41) is 0. The summed E-state index contributed by atoms with van der Waals surface area (Å²) in [7, 11) is 4.92. The number of ether oxygens (including phenoxy) is 3. The van der Waals surface area contributed by atoms with Crippen molar-refractivity contribution in [1.82, 2.24) is 4.90 Å². The minimum atomic E-state index is -0.854. The zero-order valence-corrected chi connectivity index (χ0v) is 20.3. The molecule has 0 unspecified atom stereocenters. The highest BCUT2D eigenvalue weighted by atomic mass is 16.9. The lowest BCUT2D eigenvalue weighted by molar-refractivity contribution is -0.355. The molecule has 4 heteroatoms. The van der Waals surface area contributed by atoms with E-state index in [1.54, 1.807) is 21.3 Å². The summed E-state index contributed by atoms with van der Waals surface area (Å²) in [5.41, 5.74) is 0.525. The molecule has 0 rings (SSSR count). The first kappa shape index (κ1) is 27.8. The molecule has 0 saturated heterocycles. The van der Waals surface area contributed by atoms with Gasteiger partial charge in [0.2, 0.25) is 0 Å². The van der Waals surface area contributed by atoms with Crippen LogP contribution in [0.2, 0.25) is 0 Å². The SMILES string of the molecule is CCCN(CCCCCCCCCC(OC)(OC)OC)CC(CC)(CC)CC. The van der Waals surface area contributed by atoms with Crippen molar-refractivity contribution in [3.05, 3.63) is 0 Å². The fraction of sp³-hybridized carbons (Fsp3) is 1.00. The molecule has 4 nitrogen and oxygen atoms in total. The first-order valence-corrected chi connectivity index (χ1v) is 11.9. The Bertz CT molecular complexity index is 324. The molecule has 0 aliphatic carbocycles. The summed E-state index contributed by atoms with van der Waals surface area (Å²) in [5.74, 6) is -0.854. The number of methoxy groups -OCH3 is 3. The van der Waals surface area contributed by atoms with E-state index in [1.165, 1.54) is 83.8 Å². The van der Waals surface area contributed by atoms with Crippen LogP contribution in [0.1, 0.15) is 105 Å². The van der Waals surface area contributed by atoms with Crippen LogP contribution in [-0.4, -0.2) is 51.8 Å². The van der Waals surface area contributed by atoms with Gasteiger partial charge in [0.1, 0.15) is 0 Å². The van der Waals surface area contributed by atoms with Crippen molar-refractivity contribution in [3.8, 4) is 0 Å². The summed E-state index contributed by atoms with van der Waals surface area (Å²) >= 11 is 0. The first-order chi connectivity index (χ1) is 13.5. The van der Waals surface area contributed by atoms with E-state index in [2.05, 4.69) is 32.6 Å². The molecule has 0 amide bonds. The number of hydrogen-bond donors (Lipinski definition) is 0. The van der Waals surface area contributed by atoms with Crippen molar-refractivity contribution in [2.75, 3.05) is 41.0 Å². The van der Waals surface area contributed by atoms with Gasteiger partial charge in [0.25, 0.3) is 5.97 Å². The van der Waals surface area contributed by atoms with E-state index in [9.17, 15) is 0 Å². The van der Waals surface area contributed by atoms with Gasteiger partial charge >= 0.3 is 0 Å². The maximum atomic E-state index is 5.35. The predicted molar refractivity (Wildman–Crippen MR) is 121 cm³/mol. The second kappa shape index (κ2) is 16.6. The molecule has 0 bridgehead atoms. The molecule has 0 saturated carbocycles. The largest absolute Gasteiger partial charge is 0.331 e. The summed E-state index contributed by atoms with van der Waals surface area (Å²) in [6, 6.07) is 0. The van der Waals surface area contributed by atoms with Gasteiger partial charge in [0.15, 0.2) is 0 Å². The molecule has 170 valence electrons. The monoisotopic (exact) mass is 401 g/mol. The Balaban J connectivity index is 3.95. The minimum Gasteiger partial charge on any atom is -0.331 e. The summed E-state index contributed by atoms with van der Waals surface area (Å²) < 4.78 is 16.0. The van der Waals surface area contributed by atoms with Crippen LogP contribution in [-0.2, 0) is 14.2 Å². The van der Waals surface area contributed by atoms with E-state index < -0.39 is 5.97 Å². The molecule has 0 N–H and O–H groups in total. The van der Waals surface area contributed by atoms with Gasteiger partial charge in [-0.05, 0) is 57.0 Å². The lowest BCUT2D eigenvalue weighted by atomic mass is 9.79. The van der Waals surface area contributed by atoms with Crippen LogP contribution in [0.25, 0.3) is 0 Å². The first-order valence-electron chi connectivity index (χ1n) is 11.9. The van der Waals surface area contributed by atoms with E-state index in [0.717, 1.165) is 12.8 Å². The molecule has 0 aromatic heterocycles. The Kier molecular flexibility index (Phi) is 16.5. The molecule has 28 heavy (non-hydrogen) atoms. The van der Waals surface area contributed by atoms with E-state index in [-0.39, 0.29) is 0 Å². The second-order valence-corrected chi connectivity index (χ2v) is 8.36. The van der Waals surface area contributed by atoms with Gasteiger partial charge < -0.3 is 19.1 Å². The smallest absolute Gasteiger partial charge is 0.282 e. The van der Waals surface area contributed by atoms with Crippen molar-refractivity contribution >= 4 is 0 Å². The maximum Gasteiger partial charge on any atom is 0.282 e. The third kappa shape index (κ3) is 10.6. The van der Waals surface area contributed by atoms with Crippen LogP contribution in [0, 0.1) is 5.41 Å². The van der Waals surface area contributed by atoms with Gasteiger partial charge in [0, 0.05) is 34.3 Å². The average molecular weight is 402 g/mol. The molecule has 0 aliphatic rings. The van der Waals surface area contributed by atoms with Crippen molar-refractivity contribution in [3.63, 3.8) is 0 Å². The number of nitrogens with zero attached hydrogens (tertiary/aromatic N) is 1. The van der Waals surface area contributed by atoms with E-state index in [4.69, 9.17) is 14.2 Å². The molecule has 0 aromatic rings. The summed E-state index contributed by atoms with van der Waals surface area (Å²) in [6.07, 6.45) is 14.9. The van der Waals surface area contributed by atoms with Crippen molar-refractivity contribution in [1.29, 1.82) is 0 Å². The Hall–Kier alpha value is -0.160. The quantitative estimate of drug-likeness (QED) is 0.169. The van der Waals surface area contributed by atoms with E-state index in [1.807, 2.05) is 0 Å². The molecule has 0 spiro atoms. The lowest BCUT2D eigenvalue weighted by Gasteiger charge is -2.36. The Morgan fingerprint density at radius 3 is 1.50 bits per heavy atom. The minimum absolute atomic E-state index is 0.525. The van der Waals surface area contributed by atoms with Crippen LogP contribution in [0.5, 0.6) is 0 Å². The topological polar surface area (TPSA) is 30.9 Å². The highest BCUT2D eigenvalue weighted by Crippen LogP contribution is 2.31. The zero-order valence-electron chi connectivity index (χ0n) is 20.3. The fourth-order valence-corrected chi connectivity index (χ4v) is 4.26. The Morgan fingerprint density at radius 1 is 0.607 bits per heavy atom. The van der Waals surface area contributed by atoms with Crippen molar-refractivity contribution in [2.24, 2.45) is 5.41 Å². The highest BCUT2D eigenvalue weighted by molar-refractivity contribution is 4.79. The van der Waals surface area contributed by atoms with Gasteiger partial charge in [-0.25, -0.2) is 0 Å². The predicted octanol–water partition coefficient (Wildman–Crippen LogP) is 6.63. The number of rotatable bonds is 20. The molecule has 0 aliphatic heterocycles. The fourth-order valence-electron chi connectivity index (χ4n) is 4.26. The maximum absolute atomic E-state index is 5.35. The van der Waals surface area contributed by atoms with Crippen molar-refractivity contribution < 1.29 is 14.2 Å². The number of hydrogen-bond acceptors (Lipinski definition) is 4. The number of unbranched alkanes of at least 4 members (excludes halogenated alkanes) is 6. The van der Waals surface area contributed by atoms with Crippen LogP contribution in [0.4, 0.5) is 0 Å². The van der Waals surface area contributed by atoms with Gasteiger partial charge in [0.05, 0.1) is 0 Å². The van der Waals surface area contributed by atoms with Crippen LogP contribution in [0.15, 0.2) is 0 Å². The molecular weight excluding hydrogens is 350 g/mol. The van der Waals surface area contributed by atoms with Crippen molar-refractivity contribution in [2.45, 2.75) is 111 Å². The second-order valence-electron chi connectivity index (χ2n) is 8.36. The van der Waals surface area contributed by atoms with Gasteiger partial charge in [-0.15, -0.1) is 0 Å². The zero-order chi connectivity index (χ0) is 21.3. The van der Waals surface area contributed by atoms with Gasteiger partial charge in [-0.1, -0.05) is 59.8 Å². The standard InChI is InChI=1S/C24H51NO3/c1-8-20-25(22-23(9-2,10-3)11-4)21-18-16-14-12-13-15-17-19-24(26-5,27-6)28-7/h8-22H2,1-7H3. The molecular formula is C24H51NO3. The van der Waals surface area contributed by atoms with Gasteiger partial charge in [-0.3, -0.25) is 0 Å². The van der Waals surface area contributed by atoms with E-state index >= 15 is 0 Å². The molecule has 0 radical (unpaired) electrons. The highest BCUT2D eigenvalue weighted by Gasteiger charge is 2.28. The third-order valence-corrected chi connectivity index (χ3v) is 6.74. The third-order valence-electron chi connectivity index (χ3n) is 6.74. The average Bonchev–Trinajstić information content (AvgIpc) is 2.74. The van der Waals surface area contributed by atoms with Crippen LogP contribution < -0.4 is 0 Å².